The van der Waals surface area contributed by atoms with Crippen LogP contribution in [0.5, 0.6) is 5.75 Å². The lowest BCUT2D eigenvalue weighted by atomic mass is 10.1. The fraction of sp³-hybridized carbons (Fsp3) is 0.0952. The van der Waals surface area contributed by atoms with Crippen LogP contribution >= 0.6 is 0 Å². The second-order valence-corrected chi connectivity index (χ2v) is 6.07. The first-order valence-electron chi connectivity index (χ1n) is 8.52. The highest BCUT2D eigenvalue weighted by atomic mass is 16.5. The summed E-state index contributed by atoms with van der Waals surface area (Å²) >= 11 is 0. The maximum Gasteiger partial charge on any atom is 0.349 e. The van der Waals surface area contributed by atoms with Crippen LogP contribution in [0, 0.1) is 0 Å². The maximum absolute atomic E-state index is 12.5. The van der Waals surface area contributed by atoms with Crippen LogP contribution < -0.4 is 15.7 Å². The van der Waals surface area contributed by atoms with E-state index in [-0.39, 0.29) is 12.1 Å². The van der Waals surface area contributed by atoms with Gasteiger partial charge >= 0.3 is 5.63 Å². The van der Waals surface area contributed by atoms with Crippen LogP contribution in [0.2, 0.25) is 0 Å². The van der Waals surface area contributed by atoms with Gasteiger partial charge in [0.1, 0.15) is 5.56 Å². The van der Waals surface area contributed by atoms with E-state index in [0.717, 1.165) is 16.8 Å². The molecule has 4 aromatic rings. The van der Waals surface area contributed by atoms with Gasteiger partial charge in [0.2, 0.25) is 0 Å². The molecule has 0 radical (unpaired) electrons. The number of carbonyl (C=O) groups excluding carboxylic acids is 1. The van der Waals surface area contributed by atoms with Crippen LogP contribution in [0.3, 0.4) is 0 Å². The Hall–Kier alpha value is -3.87. The van der Waals surface area contributed by atoms with Crippen LogP contribution in [0.25, 0.3) is 22.2 Å². The lowest BCUT2D eigenvalue weighted by molar-refractivity contribution is 0.0947. The first-order valence-corrected chi connectivity index (χ1v) is 8.52. The Balaban J connectivity index is 1.51. The summed E-state index contributed by atoms with van der Waals surface area (Å²) in [6.45, 7) is 0.229. The van der Waals surface area contributed by atoms with Crippen LogP contribution in [0.1, 0.15) is 15.9 Å². The predicted molar refractivity (Wildman–Crippen MR) is 102 cm³/mol. The van der Waals surface area contributed by atoms with Gasteiger partial charge in [-0.15, -0.1) is 0 Å². The van der Waals surface area contributed by atoms with E-state index in [4.69, 9.17) is 13.6 Å². The van der Waals surface area contributed by atoms with Crippen LogP contribution in [-0.4, -0.2) is 18.0 Å². The van der Waals surface area contributed by atoms with Crippen molar-refractivity contribution < 1.29 is 18.4 Å². The van der Waals surface area contributed by atoms with E-state index in [1.807, 2.05) is 18.2 Å². The molecule has 0 saturated heterocycles. The molecule has 3 heterocycles. The molecule has 140 valence electrons. The molecule has 0 spiro atoms. The number of benzene rings is 1. The summed E-state index contributed by atoms with van der Waals surface area (Å²) in [5.74, 6) is -0.0808. The van der Waals surface area contributed by atoms with Crippen LogP contribution in [0.15, 0.2) is 74.8 Å². The number of ether oxygens (including phenoxy) is 1. The number of rotatable bonds is 5. The molecule has 0 aliphatic rings. The fourth-order valence-corrected chi connectivity index (χ4v) is 2.82. The molecule has 0 fully saturated rings. The molecule has 4 rings (SSSR count). The Morgan fingerprint density at radius 2 is 2.11 bits per heavy atom. The van der Waals surface area contributed by atoms with Crippen LogP contribution in [-0.2, 0) is 6.54 Å². The molecule has 7 nitrogen and oxygen atoms in total. The van der Waals surface area contributed by atoms with Crippen molar-refractivity contribution >= 4 is 16.9 Å². The van der Waals surface area contributed by atoms with Gasteiger partial charge in [0.05, 0.1) is 25.3 Å². The summed E-state index contributed by atoms with van der Waals surface area (Å²) in [5.41, 5.74) is 1.97. The number of furan rings is 1. The molecule has 28 heavy (non-hydrogen) atoms. The molecule has 7 heteroatoms. The number of pyridine rings is 1. The molecule has 1 amide bonds. The number of hydrogen-bond donors (Lipinski definition) is 1. The molecular weight excluding hydrogens is 360 g/mol. The number of hydrogen-bond acceptors (Lipinski definition) is 6. The molecule has 0 bridgehead atoms. The Labute approximate surface area is 159 Å². The summed E-state index contributed by atoms with van der Waals surface area (Å²) in [7, 11) is 1.49. The van der Waals surface area contributed by atoms with Crippen molar-refractivity contribution in [2.75, 3.05) is 7.11 Å². The largest absolute Gasteiger partial charge is 0.493 e. The zero-order chi connectivity index (χ0) is 19.5. The summed E-state index contributed by atoms with van der Waals surface area (Å²) in [5, 5.41) is 3.32. The number of methoxy groups -OCH3 is 1. The second-order valence-electron chi connectivity index (χ2n) is 6.07. The summed E-state index contributed by atoms with van der Waals surface area (Å²) in [6.07, 6.45) is 4.85. The number of fused-ring (bicyclic) bond motifs is 1. The molecule has 0 aliphatic carbocycles. The van der Waals surface area contributed by atoms with Crippen molar-refractivity contribution in [3.05, 3.63) is 82.7 Å². The highest BCUT2D eigenvalue weighted by molar-refractivity contribution is 5.97. The van der Waals surface area contributed by atoms with Crippen molar-refractivity contribution in [3.8, 4) is 17.0 Å². The number of nitrogens with zero attached hydrogens (tertiary/aromatic N) is 1. The zero-order valence-electron chi connectivity index (χ0n) is 15.0. The van der Waals surface area contributed by atoms with E-state index in [1.54, 1.807) is 36.9 Å². The third-order valence-corrected chi connectivity index (χ3v) is 4.28. The topological polar surface area (TPSA) is 94.6 Å². The van der Waals surface area contributed by atoms with Gasteiger partial charge in [0, 0.05) is 23.7 Å². The van der Waals surface area contributed by atoms with E-state index in [1.165, 1.54) is 13.2 Å². The summed E-state index contributed by atoms with van der Waals surface area (Å²) in [6, 6.07) is 12.2. The molecule has 0 aliphatic heterocycles. The van der Waals surface area contributed by atoms with E-state index in [0.29, 0.717) is 16.7 Å². The summed E-state index contributed by atoms with van der Waals surface area (Å²) in [4.78, 5) is 29.0. The molecule has 0 atom stereocenters. The number of aromatic nitrogens is 1. The Morgan fingerprint density at radius 3 is 2.82 bits per heavy atom. The lowest BCUT2D eigenvalue weighted by Crippen LogP contribution is -2.27. The first-order chi connectivity index (χ1) is 13.7. The number of para-hydroxylation sites is 1. The summed E-state index contributed by atoms with van der Waals surface area (Å²) < 4.78 is 15.5. The maximum atomic E-state index is 12.5. The Bertz CT molecular complexity index is 1180. The molecular formula is C21H16N2O5. The average molecular weight is 376 g/mol. The molecule has 0 saturated carbocycles. The Morgan fingerprint density at radius 1 is 1.21 bits per heavy atom. The minimum Gasteiger partial charge on any atom is -0.493 e. The van der Waals surface area contributed by atoms with Gasteiger partial charge in [-0.05, 0) is 29.8 Å². The monoisotopic (exact) mass is 376 g/mol. The minimum atomic E-state index is -0.720. The smallest absolute Gasteiger partial charge is 0.349 e. The molecule has 3 aromatic heterocycles. The van der Waals surface area contributed by atoms with Gasteiger partial charge in [-0.25, -0.2) is 4.79 Å². The SMILES string of the molecule is COc1cccc2cc(C(=O)NCc3ccc(-c4ccoc4)nc3)c(=O)oc12. The third-order valence-electron chi connectivity index (χ3n) is 4.28. The molecule has 1 N–H and O–H groups in total. The molecule has 1 aromatic carbocycles. The van der Waals surface area contributed by atoms with Gasteiger partial charge in [0.25, 0.3) is 5.91 Å². The number of amides is 1. The number of nitrogens with one attached hydrogen (secondary N) is 1. The van der Waals surface area contributed by atoms with Crippen LogP contribution in [0.4, 0.5) is 0 Å². The van der Waals surface area contributed by atoms with Crippen molar-refractivity contribution in [3.63, 3.8) is 0 Å². The average Bonchev–Trinajstić information content (AvgIpc) is 3.26. The second kappa shape index (κ2) is 7.40. The van der Waals surface area contributed by atoms with Gasteiger partial charge in [0.15, 0.2) is 11.3 Å². The van der Waals surface area contributed by atoms with Crippen molar-refractivity contribution in [1.29, 1.82) is 0 Å². The quantitative estimate of drug-likeness (QED) is 0.537. The van der Waals surface area contributed by atoms with Crippen molar-refractivity contribution in [2.24, 2.45) is 0 Å². The van der Waals surface area contributed by atoms with Gasteiger partial charge < -0.3 is 18.9 Å². The Kier molecular flexibility index (Phi) is 4.63. The molecule has 0 unspecified atom stereocenters. The highest BCUT2D eigenvalue weighted by Crippen LogP contribution is 2.24. The zero-order valence-corrected chi connectivity index (χ0v) is 15.0. The van der Waals surface area contributed by atoms with Crippen molar-refractivity contribution in [2.45, 2.75) is 6.54 Å². The predicted octanol–water partition coefficient (Wildman–Crippen LogP) is 3.39. The lowest BCUT2D eigenvalue weighted by Gasteiger charge is -2.07. The standard InChI is InChI=1S/C21H16N2O5/c1-26-18-4-2-3-14-9-16(21(25)28-19(14)18)20(24)23-11-13-5-6-17(22-10-13)15-7-8-27-12-15/h2-10,12H,11H2,1H3,(H,23,24). The third kappa shape index (κ3) is 3.37. The van der Waals surface area contributed by atoms with Gasteiger partial charge in [-0.3, -0.25) is 9.78 Å². The highest BCUT2D eigenvalue weighted by Gasteiger charge is 2.15. The van der Waals surface area contributed by atoms with E-state index >= 15 is 0 Å². The van der Waals surface area contributed by atoms with E-state index < -0.39 is 11.5 Å². The number of carbonyl (C=O) groups is 1. The van der Waals surface area contributed by atoms with E-state index in [9.17, 15) is 9.59 Å². The first kappa shape index (κ1) is 17.5. The normalized spacial score (nSPS) is 10.8. The fourth-order valence-electron chi connectivity index (χ4n) is 2.82. The minimum absolute atomic E-state index is 0.0660. The van der Waals surface area contributed by atoms with Gasteiger partial charge in [-0.1, -0.05) is 18.2 Å². The van der Waals surface area contributed by atoms with E-state index in [2.05, 4.69) is 10.3 Å². The van der Waals surface area contributed by atoms with Gasteiger partial charge in [-0.2, -0.15) is 0 Å². The van der Waals surface area contributed by atoms with Crippen molar-refractivity contribution in [1.82, 2.24) is 10.3 Å².